The van der Waals surface area contributed by atoms with Crippen molar-refractivity contribution in [1.82, 2.24) is 10.2 Å². The van der Waals surface area contributed by atoms with E-state index in [9.17, 15) is 22.6 Å². The summed E-state index contributed by atoms with van der Waals surface area (Å²) in [5.74, 6) is -2.98. The molecule has 0 spiro atoms. The Bertz CT molecular complexity index is 602. The highest BCUT2D eigenvalue weighted by Crippen LogP contribution is 2.25. The van der Waals surface area contributed by atoms with Crippen molar-refractivity contribution in [2.75, 3.05) is 19.8 Å². The molecule has 1 N–H and O–H groups in total. The summed E-state index contributed by atoms with van der Waals surface area (Å²) >= 11 is 0. The van der Waals surface area contributed by atoms with Gasteiger partial charge in [0.2, 0.25) is 11.8 Å². The molecule has 0 saturated carbocycles. The third-order valence-electron chi connectivity index (χ3n) is 3.26. The Hall–Kier alpha value is -1.83. The van der Waals surface area contributed by atoms with Crippen LogP contribution in [0.4, 0.5) is 8.78 Å². The predicted molar refractivity (Wildman–Crippen MR) is 84.1 cm³/mol. The van der Waals surface area contributed by atoms with Crippen LogP contribution in [0.3, 0.4) is 0 Å². The average molecular weight is 346 g/mol. The Morgan fingerprint density at radius 1 is 1.22 bits per heavy atom. The molecule has 1 aromatic rings. The highest BCUT2D eigenvalue weighted by atomic mass is 32.2. The van der Waals surface area contributed by atoms with Crippen LogP contribution in [0.15, 0.2) is 18.2 Å². The number of rotatable bonds is 6. The Kier molecular flexibility index (Phi) is 6.80. The zero-order valence-corrected chi connectivity index (χ0v) is 14.2. The summed E-state index contributed by atoms with van der Waals surface area (Å²) in [6.07, 6.45) is 0. The number of hydrogen-bond donors (Lipinski definition) is 1. The molecule has 3 atom stereocenters. The van der Waals surface area contributed by atoms with Crippen LogP contribution < -0.4 is 5.32 Å². The molecular formula is C15H20F2N2O3S. The van der Waals surface area contributed by atoms with Crippen LogP contribution in [0.5, 0.6) is 0 Å². The molecule has 0 aliphatic rings. The molecule has 3 unspecified atom stereocenters. The lowest BCUT2D eigenvalue weighted by Crippen LogP contribution is -2.45. The van der Waals surface area contributed by atoms with Crippen LogP contribution in [-0.2, 0) is 20.4 Å². The van der Waals surface area contributed by atoms with Crippen molar-refractivity contribution in [2.45, 2.75) is 25.1 Å². The summed E-state index contributed by atoms with van der Waals surface area (Å²) in [6, 6.07) is 2.59. The minimum atomic E-state index is -1.82. The summed E-state index contributed by atoms with van der Waals surface area (Å²) in [7, 11) is 1.27. The molecule has 1 aromatic carbocycles. The van der Waals surface area contributed by atoms with E-state index in [1.165, 1.54) is 24.8 Å². The second kappa shape index (κ2) is 8.14. The van der Waals surface area contributed by atoms with Gasteiger partial charge in [0.1, 0.15) is 23.4 Å². The molecule has 2 amide bonds. The van der Waals surface area contributed by atoms with E-state index in [0.717, 1.165) is 12.1 Å². The molecule has 0 saturated heterocycles. The molecule has 8 heteroatoms. The van der Waals surface area contributed by atoms with Crippen LogP contribution in [0.1, 0.15) is 24.7 Å². The monoisotopic (exact) mass is 346 g/mol. The van der Waals surface area contributed by atoms with Crippen molar-refractivity contribution in [1.29, 1.82) is 0 Å². The number of carbonyl (C=O) groups is 2. The molecule has 128 valence electrons. The molecule has 23 heavy (non-hydrogen) atoms. The molecule has 0 bridgehead atoms. The summed E-state index contributed by atoms with van der Waals surface area (Å²) in [4.78, 5) is 24.8. The molecule has 0 radical (unpaired) electrons. The number of likely N-dealkylation sites (N-methyl/N-ethyl adjacent to an activating group) is 1. The van der Waals surface area contributed by atoms with Crippen molar-refractivity contribution < 1.29 is 22.6 Å². The fraction of sp³-hybridized carbons (Fsp3) is 0.467. The van der Waals surface area contributed by atoms with E-state index in [2.05, 4.69) is 5.32 Å². The Labute approximate surface area is 136 Å². The summed E-state index contributed by atoms with van der Waals surface area (Å²) in [6.45, 7) is 2.89. The topological polar surface area (TPSA) is 66.5 Å². The van der Waals surface area contributed by atoms with Gasteiger partial charge in [-0.1, -0.05) is 6.07 Å². The van der Waals surface area contributed by atoms with Crippen molar-refractivity contribution in [2.24, 2.45) is 0 Å². The van der Waals surface area contributed by atoms with Gasteiger partial charge in [0.25, 0.3) is 0 Å². The highest BCUT2D eigenvalue weighted by molar-refractivity contribution is 7.86. The lowest BCUT2D eigenvalue weighted by molar-refractivity contribution is -0.133. The minimum absolute atomic E-state index is 0.308. The van der Waals surface area contributed by atoms with Crippen LogP contribution in [0.25, 0.3) is 0 Å². The summed E-state index contributed by atoms with van der Waals surface area (Å²) in [5.41, 5.74) is -0.309. The lowest BCUT2D eigenvalue weighted by Gasteiger charge is -2.18. The normalized spacial score (nSPS) is 14.7. The van der Waals surface area contributed by atoms with E-state index >= 15 is 0 Å². The van der Waals surface area contributed by atoms with Gasteiger partial charge in [-0.3, -0.25) is 13.8 Å². The molecule has 0 heterocycles. The average Bonchev–Trinajstić information content (AvgIpc) is 2.45. The van der Waals surface area contributed by atoms with E-state index in [1.807, 2.05) is 0 Å². The second-order valence-corrected chi connectivity index (χ2v) is 7.08. The number of carbonyl (C=O) groups excluding carboxylic acids is 2. The van der Waals surface area contributed by atoms with Crippen LogP contribution in [0.2, 0.25) is 0 Å². The number of hydrogen-bond acceptors (Lipinski definition) is 3. The molecule has 0 aromatic heterocycles. The quantitative estimate of drug-likeness (QED) is 0.846. The number of amides is 2. The van der Waals surface area contributed by atoms with E-state index in [0.29, 0.717) is 0 Å². The van der Waals surface area contributed by atoms with Gasteiger partial charge in [0, 0.05) is 30.5 Å². The van der Waals surface area contributed by atoms with Gasteiger partial charge in [-0.15, -0.1) is 0 Å². The predicted octanol–water partition coefficient (Wildman–Crippen LogP) is 1.37. The largest absolute Gasteiger partial charge is 0.347 e. The fourth-order valence-electron chi connectivity index (χ4n) is 2.02. The van der Waals surface area contributed by atoms with Crippen LogP contribution >= 0.6 is 0 Å². The molecule has 1 rings (SSSR count). The second-order valence-electron chi connectivity index (χ2n) is 5.32. The summed E-state index contributed by atoms with van der Waals surface area (Å²) in [5, 5.41) is 1.43. The number of halogens is 2. The Morgan fingerprint density at radius 3 is 2.22 bits per heavy atom. The number of nitrogens with zero attached hydrogens (tertiary/aromatic N) is 1. The SMILES string of the molecule is CC(NC(=O)CS(=O)C(C)c1c(F)cccc1F)C(=O)N(C)C. The highest BCUT2D eigenvalue weighted by Gasteiger charge is 2.24. The first-order chi connectivity index (χ1) is 10.6. The van der Waals surface area contributed by atoms with Gasteiger partial charge in [-0.05, 0) is 26.0 Å². The molecule has 5 nitrogen and oxygen atoms in total. The van der Waals surface area contributed by atoms with Gasteiger partial charge < -0.3 is 10.2 Å². The van der Waals surface area contributed by atoms with Crippen LogP contribution in [-0.4, -0.2) is 46.8 Å². The Morgan fingerprint density at radius 2 is 1.74 bits per heavy atom. The first-order valence-corrected chi connectivity index (χ1v) is 8.35. The number of benzene rings is 1. The van der Waals surface area contributed by atoms with Gasteiger partial charge in [-0.2, -0.15) is 0 Å². The van der Waals surface area contributed by atoms with Gasteiger partial charge in [0.05, 0.1) is 5.25 Å². The van der Waals surface area contributed by atoms with Crippen molar-refractivity contribution in [3.8, 4) is 0 Å². The van der Waals surface area contributed by atoms with Crippen LogP contribution in [0, 0.1) is 11.6 Å². The maximum atomic E-state index is 13.7. The third-order valence-corrected chi connectivity index (χ3v) is 4.83. The maximum absolute atomic E-state index is 13.7. The van der Waals surface area contributed by atoms with Crippen molar-refractivity contribution in [3.05, 3.63) is 35.4 Å². The van der Waals surface area contributed by atoms with E-state index in [-0.39, 0.29) is 11.5 Å². The maximum Gasteiger partial charge on any atom is 0.244 e. The van der Waals surface area contributed by atoms with Gasteiger partial charge in [-0.25, -0.2) is 8.78 Å². The molecule has 0 aliphatic heterocycles. The third kappa shape index (κ3) is 5.09. The standard InChI is InChI=1S/C15H20F2N2O3S/c1-9(15(21)19(3)4)18-13(20)8-23(22)10(2)14-11(16)6-5-7-12(14)17/h5-7,9-10H,8H2,1-4H3,(H,18,20). The molecular weight excluding hydrogens is 326 g/mol. The first-order valence-electron chi connectivity index (χ1n) is 6.96. The lowest BCUT2D eigenvalue weighted by atomic mass is 10.1. The fourth-order valence-corrected chi connectivity index (χ4v) is 3.10. The van der Waals surface area contributed by atoms with Gasteiger partial charge >= 0.3 is 0 Å². The smallest absolute Gasteiger partial charge is 0.244 e. The zero-order chi connectivity index (χ0) is 17.7. The van der Waals surface area contributed by atoms with Crippen molar-refractivity contribution >= 4 is 22.6 Å². The van der Waals surface area contributed by atoms with E-state index < -0.39 is 45.4 Å². The summed E-state index contributed by atoms with van der Waals surface area (Å²) < 4.78 is 39.5. The minimum Gasteiger partial charge on any atom is -0.347 e. The Balaban J connectivity index is 2.72. The first kappa shape index (κ1) is 19.2. The molecule has 0 fully saturated rings. The molecule has 0 aliphatic carbocycles. The van der Waals surface area contributed by atoms with Gasteiger partial charge in [0.15, 0.2) is 0 Å². The zero-order valence-electron chi connectivity index (χ0n) is 13.4. The van der Waals surface area contributed by atoms with E-state index in [4.69, 9.17) is 0 Å². The van der Waals surface area contributed by atoms with Crippen molar-refractivity contribution in [3.63, 3.8) is 0 Å². The van der Waals surface area contributed by atoms with E-state index in [1.54, 1.807) is 14.1 Å². The number of nitrogens with one attached hydrogen (secondary N) is 1.